The third kappa shape index (κ3) is 5.30. The molecule has 114 valence electrons. The van der Waals surface area contributed by atoms with Gasteiger partial charge in [0.15, 0.2) is 0 Å². The summed E-state index contributed by atoms with van der Waals surface area (Å²) in [5, 5.41) is 17.8. The Morgan fingerprint density at radius 1 is 1.15 bits per heavy atom. The maximum absolute atomic E-state index is 11.7. The lowest BCUT2D eigenvalue weighted by Gasteiger charge is -2.07. The fourth-order valence-electron chi connectivity index (χ4n) is 2.09. The first-order chi connectivity index (χ1) is 9.56. The lowest BCUT2D eigenvalue weighted by molar-refractivity contribution is 0.0860. The highest BCUT2D eigenvalue weighted by atomic mass is 16.3. The molecule has 0 amide bonds. The van der Waals surface area contributed by atoms with Crippen molar-refractivity contribution in [3.8, 4) is 0 Å². The minimum atomic E-state index is -0.610. The van der Waals surface area contributed by atoms with E-state index in [1.807, 2.05) is 0 Å². The fourth-order valence-corrected chi connectivity index (χ4v) is 2.09. The van der Waals surface area contributed by atoms with Crippen LogP contribution in [-0.4, -0.2) is 32.1 Å². The number of hydrogen-bond donors (Lipinski definition) is 2. The van der Waals surface area contributed by atoms with E-state index in [0.29, 0.717) is 13.0 Å². The van der Waals surface area contributed by atoms with E-state index in [0.717, 1.165) is 32.1 Å². The van der Waals surface area contributed by atoms with Gasteiger partial charge in [0.2, 0.25) is 0 Å². The summed E-state index contributed by atoms with van der Waals surface area (Å²) < 4.78 is 2.66. The molecule has 1 unspecified atom stereocenters. The predicted octanol–water partition coefficient (Wildman–Crippen LogP) is 0.241. The molecule has 0 saturated heterocycles. The standard InChI is InChI=1S/C14H24N2O4/c1-15-10-8-13(19)16(14(15)20)9-6-4-2-3-5-7-12(18)11-17/h8,10,12,17-18H,2-7,9,11H2,1H3. The molecule has 1 aromatic rings. The van der Waals surface area contributed by atoms with Crippen LogP contribution in [0.2, 0.25) is 0 Å². The van der Waals surface area contributed by atoms with Gasteiger partial charge in [-0.05, 0) is 12.8 Å². The smallest absolute Gasteiger partial charge is 0.330 e. The molecule has 1 heterocycles. The summed E-state index contributed by atoms with van der Waals surface area (Å²) in [5.41, 5.74) is -0.525. The van der Waals surface area contributed by atoms with Crippen LogP contribution in [0, 0.1) is 0 Å². The third-order valence-electron chi connectivity index (χ3n) is 3.37. The Bertz CT molecular complexity index is 507. The van der Waals surface area contributed by atoms with E-state index in [9.17, 15) is 14.7 Å². The SMILES string of the molecule is Cn1ccc(=O)n(CCCCCCCC(O)CO)c1=O. The topological polar surface area (TPSA) is 84.5 Å². The van der Waals surface area contributed by atoms with E-state index in [1.54, 1.807) is 7.05 Å². The molecule has 0 aliphatic heterocycles. The first-order valence-electron chi connectivity index (χ1n) is 7.11. The maximum Gasteiger partial charge on any atom is 0.330 e. The molecule has 2 N–H and O–H groups in total. The molecule has 0 spiro atoms. The van der Waals surface area contributed by atoms with Gasteiger partial charge in [0.1, 0.15) is 0 Å². The maximum atomic E-state index is 11.7. The van der Waals surface area contributed by atoms with Crippen molar-refractivity contribution in [3.05, 3.63) is 33.1 Å². The summed E-state index contributed by atoms with van der Waals surface area (Å²) in [7, 11) is 1.63. The van der Waals surface area contributed by atoms with Crippen LogP contribution in [0.25, 0.3) is 0 Å². The van der Waals surface area contributed by atoms with Crippen molar-refractivity contribution in [2.75, 3.05) is 6.61 Å². The zero-order valence-corrected chi connectivity index (χ0v) is 12.0. The Balaban J connectivity index is 2.24. The van der Waals surface area contributed by atoms with E-state index in [4.69, 9.17) is 5.11 Å². The number of aliphatic hydroxyl groups excluding tert-OH is 2. The minimum Gasteiger partial charge on any atom is -0.394 e. The van der Waals surface area contributed by atoms with Crippen LogP contribution in [0.3, 0.4) is 0 Å². The number of aliphatic hydroxyl groups is 2. The summed E-state index contributed by atoms with van der Waals surface area (Å²) in [6.45, 7) is 0.270. The van der Waals surface area contributed by atoms with E-state index in [-0.39, 0.29) is 17.9 Å². The third-order valence-corrected chi connectivity index (χ3v) is 3.37. The number of hydrogen-bond acceptors (Lipinski definition) is 4. The minimum absolute atomic E-state index is 0.180. The van der Waals surface area contributed by atoms with Gasteiger partial charge in [0.05, 0.1) is 12.7 Å². The second-order valence-electron chi connectivity index (χ2n) is 5.09. The average molecular weight is 284 g/mol. The monoisotopic (exact) mass is 284 g/mol. The van der Waals surface area contributed by atoms with Crippen LogP contribution in [0.5, 0.6) is 0 Å². The zero-order chi connectivity index (χ0) is 15.0. The van der Waals surface area contributed by atoms with Crippen LogP contribution in [-0.2, 0) is 13.6 Å². The Hall–Kier alpha value is -1.40. The van der Waals surface area contributed by atoms with Crippen molar-refractivity contribution in [1.82, 2.24) is 9.13 Å². The van der Waals surface area contributed by atoms with Crippen molar-refractivity contribution < 1.29 is 10.2 Å². The molecule has 0 radical (unpaired) electrons. The second kappa shape index (κ2) is 8.71. The molecule has 0 aliphatic rings. The quantitative estimate of drug-likeness (QED) is 0.636. The van der Waals surface area contributed by atoms with Gasteiger partial charge in [-0.3, -0.25) is 9.36 Å². The fraction of sp³-hybridized carbons (Fsp3) is 0.714. The van der Waals surface area contributed by atoms with E-state index in [2.05, 4.69) is 0 Å². The molecule has 6 nitrogen and oxygen atoms in total. The normalized spacial score (nSPS) is 12.6. The second-order valence-corrected chi connectivity index (χ2v) is 5.09. The van der Waals surface area contributed by atoms with Crippen molar-refractivity contribution in [1.29, 1.82) is 0 Å². The molecule has 0 fully saturated rings. The zero-order valence-electron chi connectivity index (χ0n) is 12.0. The van der Waals surface area contributed by atoms with Gasteiger partial charge < -0.3 is 14.8 Å². The van der Waals surface area contributed by atoms with Crippen molar-refractivity contribution in [2.45, 2.75) is 51.2 Å². The molecule has 0 saturated carbocycles. The van der Waals surface area contributed by atoms with Crippen LogP contribution < -0.4 is 11.2 Å². The van der Waals surface area contributed by atoms with Gasteiger partial charge in [-0.25, -0.2) is 4.79 Å². The summed E-state index contributed by atoms with van der Waals surface area (Å²) in [5.74, 6) is 0. The van der Waals surface area contributed by atoms with E-state index in [1.165, 1.54) is 21.4 Å². The highest BCUT2D eigenvalue weighted by Gasteiger charge is 2.03. The molecule has 20 heavy (non-hydrogen) atoms. The van der Waals surface area contributed by atoms with Crippen LogP contribution in [0.15, 0.2) is 21.9 Å². The molecule has 1 aromatic heterocycles. The lowest BCUT2D eigenvalue weighted by atomic mass is 10.1. The highest BCUT2D eigenvalue weighted by molar-refractivity contribution is 4.85. The van der Waals surface area contributed by atoms with Crippen LogP contribution in [0.1, 0.15) is 38.5 Å². The van der Waals surface area contributed by atoms with Crippen molar-refractivity contribution in [2.24, 2.45) is 7.05 Å². The average Bonchev–Trinajstić information content (AvgIpc) is 2.44. The lowest BCUT2D eigenvalue weighted by Crippen LogP contribution is -2.37. The Labute approximate surface area is 118 Å². The Morgan fingerprint density at radius 2 is 1.80 bits per heavy atom. The molecule has 0 aromatic carbocycles. The summed E-state index contributed by atoms with van der Waals surface area (Å²) in [6.07, 6.45) is 6.10. The number of aromatic nitrogens is 2. The summed E-state index contributed by atoms with van der Waals surface area (Å²) >= 11 is 0. The van der Waals surface area contributed by atoms with Gasteiger partial charge in [0, 0.05) is 25.9 Å². The Kier molecular flexibility index (Phi) is 7.25. The number of unbranched alkanes of at least 4 members (excludes halogenated alkanes) is 4. The number of nitrogens with zero attached hydrogens (tertiary/aromatic N) is 2. The van der Waals surface area contributed by atoms with Crippen molar-refractivity contribution >= 4 is 0 Å². The molecule has 1 atom stereocenters. The highest BCUT2D eigenvalue weighted by Crippen LogP contribution is 2.07. The Morgan fingerprint density at radius 3 is 2.50 bits per heavy atom. The number of aryl methyl sites for hydroxylation is 1. The van der Waals surface area contributed by atoms with Crippen molar-refractivity contribution in [3.63, 3.8) is 0 Å². The molecular formula is C14H24N2O4. The van der Waals surface area contributed by atoms with Gasteiger partial charge in [-0.1, -0.05) is 25.7 Å². The van der Waals surface area contributed by atoms with Gasteiger partial charge in [-0.15, -0.1) is 0 Å². The number of rotatable bonds is 9. The van der Waals surface area contributed by atoms with Gasteiger partial charge >= 0.3 is 5.69 Å². The summed E-state index contributed by atoms with van der Waals surface area (Å²) in [4.78, 5) is 23.3. The van der Waals surface area contributed by atoms with E-state index < -0.39 is 6.10 Å². The molecule has 0 aliphatic carbocycles. The largest absolute Gasteiger partial charge is 0.394 e. The first kappa shape index (κ1) is 16.7. The molecule has 6 heteroatoms. The summed E-state index contributed by atoms with van der Waals surface area (Å²) in [6, 6.07) is 1.40. The predicted molar refractivity (Wildman–Crippen MR) is 76.7 cm³/mol. The molecular weight excluding hydrogens is 260 g/mol. The van der Waals surface area contributed by atoms with Crippen LogP contribution >= 0.6 is 0 Å². The van der Waals surface area contributed by atoms with E-state index >= 15 is 0 Å². The van der Waals surface area contributed by atoms with Crippen LogP contribution in [0.4, 0.5) is 0 Å². The molecule has 1 rings (SSSR count). The van der Waals surface area contributed by atoms with Gasteiger partial charge in [-0.2, -0.15) is 0 Å². The molecule has 0 bridgehead atoms. The van der Waals surface area contributed by atoms with Gasteiger partial charge in [0.25, 0.3) is 5.56 Å². The first-order valence-corrected chi connectivity index (χ1v) is 7.11.